The largest absolute Gasteiger partial charge is 2.00 e. The Labute approximate surface area is 147 Å². The van der Waals surface area contributed by atoms with Crippen LogP contribution in [0, 0.1) is 18.3 Å². The second kappa shape index (κ2) is 19.2. The van der Waals surface area contributed by atoms with E-state index in [9.17, 15) is 0 Å². The Bertz CT molecular complexity index is 159. The van der Waals surface area contributed by atoms with Crippen LogP contribution >= 0.6 is 0 Å². The summed E-state index contributed by atoms with van der Waals surface area (Å²) in [5, 5.41) is 0. The molecule has 0 aliphatic carbocycles. The molecule has 19 heavy (non-hydrogen) atoms. The van der Waals surface area contributed by atoms with Crippen LogP contribution in [0.3, 0.4) is 0 Å². The zero-order valence-electron chi connectivity index (χ0n) is 13.3. The molecule has 0 spiro atoms. The fraction of sp³-hybridized carbons (Fsp3) is 0.933. The molecule has 4 heteroatoms. The zero-order chi connectivity index (χ0) is 12.9. The van der Waals surface area contributed by atoms with E-state index in [0.717, 1.165) is 37.9 Å². The van der Waals surface area contributed by atoms with E-state index in [2.05, 4.69) is 34.1 Å². The first kappa shape index (κ1) is 25.1. The van der Waals surface area contributed by atoms with Gasteiger partial charge < -0.3 is 32.9 Å². The average molecular weight is 348 g/mol. The van der Waals surface area contributed by atoms with Crippen molar-refractivity contribution in [3.8, 4) is 0 Å². The molecule has 0 heterocycles. The molecule has 0 amide bonds. The van der Waals surface area contributed by atoms with Crippen LogP contribution in [0.25, 0.3) is 0 Å². The van der Waals surface area contributed by atoms with Crippen molar-refractivity contribution >= 4 is 23.1 Å². The molecule has 0 N–H and O–H groups in total. The third kappa shape index (κ3) is 19.2. The minimum absolute atomic E-state index is 0. The Hall–Kier alpha value is 1.17. The van der Waals surface area contributed by atoms with E-state index >= 15 is 0 Å². The van der Waals surface area contributed by atoms with Crippen LogP contribution in [0.2, 0.25) is 0 Å². The van der Waals surface area contributed by atoms with Gasteiger partial charge in [0.05, 0.1) is 0 Å². The van der Waals surface area contributed by atoms with Gasteiger partial charge in [0, 0.05) is 13.2 Å². The van der Waals surface area contributed by atoms with Gasteiger partial charge in [-0.15, -0.1) is 0 Å². The van der Waals surface area contributed by atoms with Crippen LogP contribution in [0.1, 0.15) is 59.8 Å². The van der Waals surface area contributed by atoms with Crippen LogP contribution in [0.4, 0.5) is 0 Å². The fourth-order valence-electron chi connectivity index (χ4n) is 2.16. The number of hydrogen-bond donors (Lipinski definition) is 0. The third-order valence-corrected chi connectivity index (χ3v) is 2.94. The van der Waals surface area contributed by atoms with Crippen molar-refractivity contribution in [2.24, 2.45) is 11.8 Å². The van der Waals surface area contributed by atoms with Crippen LogP contribution < -0.4 is 17.0 Å². The monoisotopic (exact) mass is 346 g/mol. The van der Waals surface area contributed by atoms with Gasteiger partial charge in [0.25, 0.3) is 0 Å². The minimum Gasteiger partial charge on any atom is -1.00 e. The van der Waals surface area contributed by atoms with Crippen molar-refractivity contribution in [2.45, 2.75) is 59.8 Å². The summed E-state index contributed by atoms with van der Waals surface area (Å²) in [5.74, 6) is 1.63. The van der Waals surface area contributed by atoms with Gasteiger partial charge in [-0.25, -0.2) is 0 Å². The maximum Gasteiger partial charge on any atom is 2.00 e. The normalized spacial score (nSPS) is 13.3. The first-order chi connectivity index (χ1) is 8.20. The van der Waals surface area contributed by atoms with E-state index in [1.165, 1.54) is 19.3 Å². The molecule has 112 valence electrons. The first-order valence-corrected chi connectivity index (χ1v) is 7.14. The van der Waals surface area contributed by atoms with Crippen molar-refractivity contribution in [2.75, 3.05) is 20.0 Å². The van der Waals surface area contributed by atoms with Gasteiger partial charge in [-0.1, -0.05) is 33.1 Å². The second-order valence-electron chi connectivity index (χ2n) is 5.17. The molecule has 0 aromatic rings. The van der Waals surface area contributed by atoms with Crippen molar-refractivity contribution < 1.29 is 26.5 Å². The van der Waals surface area contributed by atoms with Crippen molar-refractivity contribution in [3.05, 3.63) is 6.42 Å². The van der Waals surface area contributed by atoms with Gasteiger partial charge in [0.1, 0.15) is 6.79 Å². The summed E-state index contributed by atoms with van der Waals surface area (Å²) in [6.45, 7) is 11.0. The topological polar surface area (TPSA) is 18.5 Å². The molecule has 0 aromatic carbocycles. The second-order valence-corrected chi connectivity index (χ2v) is 5.17. The number of hydrogen-bond acceptors (Lipinski definition) is 2. The van der Waals surface area contributed by atoms with Gasteiger partial charge in [-0.3, -0.25) is 0 Å². The molecule has 0 fully saturated rings. The predicted octanol–water partition coefficient (Wildman–Crippen LogP) is 1.07. The summed E-state index contributed by atoms with van der Waals surface area (Å²) in [5.41, 5.74) is 0. The summed E-state index contributed by atoms with van der Waals surface area (Å²) in [6.07, 6.45) is 8.32. The molecular weight excluding hydrogens is 316 g/mol. The average Bonchev–Trinajstić information content (AvgIpc) is 2.28. The summed E-state index contributed by atoms with van der Waals surface area (Å²) < 4.78 is 10.7. The first-order valence-electron chi connectivity index (χ1n) is 7.14. The standard InChI is InChI=1S/C15H31O2.BrH.Mg/c1-5-8-14(3)12-15(4)9-7-11-17-13-16-10-6-2;;/h5,14-15H,6-13H2,1-4H3;1H;/q-1;;+2/p-1. The van der Waals surface area contributed by atoms with Crippen LogP contribution in [-0.4, -0.2) is 43.1 Å². The van der Waals surface area contributed by atoms with E-state index in [4.69, 9.17) is 9.47 Å². The number of ether oxygens (including phenoxy) is 2. The molecular formula is C15H31BrMgO2. The Morgan fingerprint density at radius 3 is 2.26 bits per heavy atom. The summed E-state index contributed by atoms with van der Waals surface area (Å²) >= 11 is 0. The van der Waals surface area contributed by atoms with Gasteiger partial charge in [-0.05, 0) is 25.2 Å². The SMILES string of the molecule is C[CH-]CC(C)CC(C)CCCOCOCCC.[Br-].[Mg+2]. The number of rotatable bonds is 12. The van der Waals surface area contributed by atoms with E-state index in [-0.39, 0.29) is 40.0 Å². The van der Waals surface area contributed by atoms with E-state index in [1.54, 1.807) is 0 Å². The van der Waals surface area contributed by atoms with Crippen molar-refractivity contribution in [3.63, 3.8) is 0 Å². The summed E-state index contributed by atoms with van der Waals surface area (Å²) in [7, 11) is 0. The van der Waals surface area contributed by atoms with Gasteiger partial charge in [-0.2, -0.15) is 13.3 Å². The van der Waals surface area contributed by atoms with Crippen molar-refractivity contribution in [1.29, 1.82) is 0 Å². The molecule has 0 aliphatic rings. The molecule has 0 aromatic heterocycles. The zero-order valence-corrected chi connectivity index (χ0v) is 16.3. The Balaban J connectivity index is -0.00000128. The summed E-state index contributed by atoms with van der Waals surface area (Å²) in [6, 6.07) is 0. The number of halogens is 1. The Morgan fingerprint density at radius 1 is 1.05 bits per heavy atom. The maximum atomic E-state index is 5.41. The molecule has 2 unspecified atom stereocenters. The van der Waals surface area contributed by atoms with E-state index < -0.39 is 0 Å². The van der Waals surface area contributed by atoms with Crippen LogP contribution in [0.15, 0.2) is 0 Å². The van der Waals surface area contributed by atoms with E-state index in [1.807, 2.05) is 0 Å². The van der Waals surface area contributed by atoms with Crippen LogP contribution in [0.5, 0.6) is 0 Å². The van der Waals surface area contributed by atoms with Gasteiger partial charge in [0.15, 0.2) is 0 Å². The van der Waals surface area contributed by atoms with E-state index in [0.29, 0.717) is 6.79 Å². The molecule has 0 saturated carbocycles. The molecule has 0 saturated heterocycles. The molecule has 0 aliphatic heterocycles. The maximum absolute atomic E-state index is 5.41. The van der Waals surface area contributed by atoms with Crippen molar-refractivity contribution in [1.82, 2.24) is 0 Å². The smallest absolute Gasteiger partial charge is 1.00 e. The van der Waals surface area contributed by atoms with Gasteiger partial charge in [0.2, 0.25) is 0 Å². The summed E-state index contributed by atoms with van der Waals surface area (Å²) in [4.78, 5) is 0. The predicted molar refractivity (Wildman–Crippen MR) is 79.6 cm³/mol. The fourth-order valence-corrected chi connectivity index (χ4v) is 2.16. The minimum atomic E-state index is 0. The molecule has 0 rings (SSSR count). The Morgan fingerprint density at radius 2 is 1.68 bits per heavy atom. The molecule has 2 nitrogen and oxygen atoms in total. The molecule has 2 atom stereocenters. The van der Waals surface area contributed by atoms with Gasteiger partial charge >= 0.3 is 23.1 Å². The third-order valence-electron chi connectivity index (χ3n) is 2.94. The quantitative estimate of drug-likeness (QED) is 0.228. The molecule has 0 bridgehead atoms. The van der Waals surface area contributed by atoms with Crippen LogP contribution in [-0.2, 0) is 9.47 Å². The Kier molecular flexibility index (Phi) is 25.4. The molecule has 0 radical (unpaired) electrons.